The lowest BCUT2D eigenvalue weighted by molar-refractivity contribution is -0.116. The Hall–Kier alpha value is -2.16. The quantitative estimate of drug-likeness (QED) is 0.305. The molecule has 0 aliphatic rings. The number of rotatable bonds is 8. The maximum Gasteiger partial charge on any atom is 0.224 e. The number of benzene rings is 1. The van der Waals surface area contributed by atoms with Crippen molar-refractivity contribution in [2.24, 2.45) is 4.99 Å². The summed E-state index contributed by atoms with van der Waals surface area (Å²) < 4.78 is 0. The summed E-state index contributed by atoms with van der Waals surface area (Å²) in [7, 11) is 0. The van der Waals surface area contributed by atoms with Crippen LogP contribution in [0.1, 0.15) is 37.9 Å². The Morgan fingerprint density at radius 1 is 1.07 bits per heavy atom. The molecular weight excluding hydrogens is 453 g/mol. The predicted molar refractivity (Wildman–Crippen MR) is 121 cm³/mol. The minimum Gasteiger partial charge on any atom is -0.357 e. The molecule has 0 atom stereocenters. The molecule has 0 fully saturated rings. The number of aromatic nitrogens is 1. The van der Waals surface area contributed by atoms with E-state index >= 15 is 0 Å². The van der Waals surface area contributed by atoms with Crippen LogP contribution in [0.5, 0.6) is 0 Å². The van der Waals surface area contributed by atoms with Gasteiger partial charge in [0.15, 0.2) is 5.96 Å². The van der Waals surface area contributed by atoms with Crippen LogP contribution in [-0.4, -0.2) is 23.4 Å². The summed E-state index contributed by atoms with van der Waals surface area (Å²) in [6, 6.07) is 13.6. The lowest BCUT2D eigenvalue weighted by Crippen LogP contribution is -2.36. The number of amides is 1. The molecule has 0 saturated heterocycles. The molecule has 7 heteroatoms. The number of halogens is 1. The maximum atomic E-state index is 11.6. The molecule has 6 nitrogen and oxygen atoms in total. The zero-order valence-corrected chi connectivity index (χ0v) is 18.2. The van der Waals surface area contributed by atoms with Gasteiger partial charge in [0.05, 0.1) is 18.8 Å². The van der Waals surface area contributed by atoms with Crippen LogP contribution < -0.4 is 16.0 Å². The molecule has 0 aliphatic heterocycles. The van der Waals surface area contributed by atoms with E-state index in [-0.39, 0.29) is 29.9 Å². The monoisotopic (exact) mass is 481 g/mol. The van der Waals surface area contributed by atoms with Crippen LogP contribution in [0.15, 0.2) is 53.7 Å². The molecular formula is C20H28IN5O. The fraction of sp³-hybridized carbons (Fsp3) is 0.350. The molecule has 27 heavy (non-hydrogen) atoms. The van der Waals surface area contributed by atoms with Gasteiger partial charge in [-0.05, 0) is 43.2 Å². The van der Waals surface area contributed by atoms with E-state index < -0.39 is 0 Å². The van der Waals surface area contributed by atoms with Crippen LogP contribution >= 0.6 is 24.0 Å². The number of pyridine rings is 1. The molecule has 0 spiro atoms. The van der Waals surface area contributed by atoms with Gasteiger partial charge >= 0.3 is 0 Å². The second kappa shape index (κ2) is 13.1. The second-order valence-corrected chi connectivity index (χ2v) is 5.86. The molecule has 0 aliphatic carbocycles. The van der Waals surface area contributed by atoms with Gasteiger partial charge in [0, 0.05) is 24.8 Å². The number of guanidine groups is 1. The number of aliphatic imine (C=N–C) groups is 1. The van der Waals surface area contributed by atoms with Crippen LogP contribution in [0, 0.1) is 0 Å². The molecule has 2 rings (SSSR count). The number of hydrogen-bond donors (Lipinski definition) is 3. The van der Waals surface area contributed by atoms with E-state index in [1.165, 1.54) is 0 Å². The third-order valence-corrected chi connectivity index (χ3v) is 3.64. The Balaban J connectivity index is 0.00000364. The number of carbonyl (C=O) groups is 1. The van der Waals surface area contributed by atoms with E-state index in [0.29, 0.717) is 19.5 Å². The normalized spacial score (nSPS) is 10.7. The number of anilines is 1. The average molecular weight is 481 g/mol. The summed E-state index contributed by atoms with van der Waals surface area (Å²) in [5, 5.41) is 9.39. The molecule has 0 bridgehead atoms. The Kier molecular flexibility index (Phi) is 11.1. The van der Waals surface area contributed by atoms with Crippen molar-refractivity contribution in [2.75, 3.05) is 11.9 Å². The van der Waals surface area contributed by atoms with Crippen molar-refractivity contribution in [3.63, 3.8) is 0 Å². The van der Waals surface area contributed by atoms with E-state index in [4.69, 9.17) is 0 Å². The van der Waals surface area contributed by atoms with Gasteiger partial charge in [-0.15, -0.1) is 24.0 Å². The SMILES string of the molecule is CCCC(=O)Nc1ccc(CN=C(NCC)NCc2ccccn2)cc1.I. The van der Waals surface area contributed by atoms with Crippen molar-refractivity contribution in [3.8, 4) is 0 Å². The van der Waals surface area contributed by atoms with Crippen LogP contribution in [-0.2, 0) is 17.9 Å². The summed E-state index contributed by atoms with van der Waals surface area (Å²) >= 11 is 0. The zero-order valence-electron chi connectivity index (χ0n) is 15.9. The van der Waals surface area contributed by atoms with Gasteiger partial charge < -0.3 is 16.0 Å². The molecule has 1 aromatic carbocycles. The summed E-state index contributed by atoms with van der Waals surface area (Å²) in [5.74, 6) is 0.796. The minimum atomic E-state index is 0. The largest absolute Gasteiger partial charge is 0.357 e. The molecule has 0 unspecified atom stereocenters. The van der Waals surface area contributed by atoms with Crippen molar-refractivity contribution in [1.29, 1.82) is 0 Å². The third kappa shape index (κ3) is 8.85. The molecule has 0 radical (unpaired) electrons. The highest BCUT2D eigenvalue weighted by molar-refractivity contribution is 14.0. The maximum absolute atomic E-state index is 11.6. The first-order valence-electron chi connectivity index (χ1n) is 9.02. The molecule has 3 N–H and O–H groups in total. The lowest BCUT2D eigenvalue weighted by Gasteiger charge is -2.11. The summed E-state index contributed by atoms with van der Waals surface area (Å²) in [6.07, 6.45) is 3.17. The fourth-order valence-electron chi connectivity index (χ4n) is 2.33. The highest BCUT2D eigenvalue weighted by Crippen LogP contribution is 2.11. The van der Waals surface area contributed by atoms with Crippen LogP contribution in [0.2, 0.25) is 0 Å². The zero-order chi connectivity index (χ0) is 18.6. The van der Waals surface area contributed by atoms with Gasteiger partial charge in [-0.25, -0.2) is 4.99 Å². The first-order chi connectivity index (χ1) is 12.7. The van der Waals surface area contributed by atoms with E-state index in [1.807, 2.05) is 56.3 Å². The average Bonchev–Trinajstić information content (AvgIpc) is 2.66. The van der Waals surface area contributed by atoms with Gasteiger partial charge in [0.2, 0.25) is 5.91 Å². The minimum absolute atomic E-state index is 0. The Morgan fingerprint density at radius 2 is 1.85 bits per heavy atom. The summed E-state index contributed by atoms with van der Waals surface area (Å²) in [4.78, 5) is 20.5. The molecule has 0 saturated carbocycles. The van der Waals surface area contributed by atoms with Crippen molar-refractivity contribution in [3.05, 3.63) is 59.9 Å². The first kappa shape index (κ1) is 22.9. The Labute approximate surface area is 178 Å². The number of nitrogens with zero attached hydrogens (tertiary/aromatic N) is 2. The van der Waals surface area contributed by atoms with E-state index in [0.717, 1.165) is 35.9 Å². The van der Waals surface area contributed by atoms with Gasteiger partial charge in [-0.2, -0.15) is 0 Å². The first-order valence-corrected chi connectivity index (χ1v) is 9.02. The molecule has 1 amide bonds. The number of nitrogens with one attached hydrogen (secondary N) is 3. The van der Waals surface area contributed by atoms with Gasteiger partial charge in [-0.3, -0.25) is 9.78 Å². The molecule has 2 aromatic rings. The molecule has 146 valence electrons. The predicted octanol–water partition coefficient (Wildman–Crippen LogP) is 3.69. The molecule has 1 heterocycles. The highest BCUT2D eigenvalue weighted by atomic mass is 127. The van der Waals surface area contributed by atoms with Gasteiger partial charge in [-0.1, -0.05) is 25.1 Å². The standard InChI is InChI=1S/C20H27N5O.HI/c1-3-7-19(26)25-17-11-9-16(10-12-17)14-23-20(21-4-2)24-15-18-8-5-6-13-22-18;/h5-6,8-13H,3-4,7,14-15H2,1-2H3,(H,25,26)(H2,21,23,24);1H. The summed E-state index contributed by atoms with van der Waals surface area (Å²) in [6.45, 7) is 5.99. The van der Waals surface area contributed by atoms with Crippen molar-refractivity contribution in [2.45, 2.75) is 39.8 Å². The topological polar surface area (TPSA) is 78.4 Å². The van der Waals surface area contributed by atoms with Gasteiger partial charge in [0.1, 0.15) is 0 Å². The van der Waals surface area contributed by atoms with E-state index in [1.54, 1.807) is 6.20 Å². The second-order valence-electron chi connectivity index (χ2n) is 5.86. The third-order valence-electron chi connectivity index (χ3n) is 3.64. The van der Waals surface area contributed by atoms with Crippen molar-refractivity contribution < 1.29 is 4.79 Å². The fourth-order valence-corrected chi connectivity index (χ4v) is 2.33. The van der Waals surface area contributed by atoms with E-state index in [2.05, 4.69) is 25.9 Å². The lowest BCUT2D eigenvalue weighted by atomic mass is 10.2. The van der Waals surface area contributed by atoms with Crippen LogP contribution in [0.25, 0.3) is 0 Å². The van der Waals surface area contributed by atoms with Crippen molar-refractivity contribution >= 4 is 41.5 Å². The Bertz CT molecular complexity index is 704. The molecule has 1 aromatic heterocycles. The number of hydrogen-bond acceptors (Lipinski definition) is 3. The van der Waals surface area contributed by atoms with Crippen LogP contribution in [0.4, 0.5) is 5.69 Å². The van der Waals surface area contributed by atoms with Crippen molar-refractivity contribution in [1.82, 2.24) is 15.6 Å². The van der Waals surface area contributed by atoms with Gasteiger partial charge in [0.25, 0.3) is 0 Å². The highest BCUT2D eigenvalue weighted by Gasteiger charge is 2.02. The smallest absolute Gasteiger partial charge is 0.224 e. The van der Waals surface area contributed by atoms with Crippen LogP contribution in [0.3, 0.4) is 0 Å². The summed E-state index contributed by atoms with van der Waals surface area (Å²) in [5.41, 5.74) is 2.86. The Morgan fingerprint density at radius 3 is 2.48 bits per heavy atom. The van der Waals surface area contributed by atoms with E-state index in [9.17, 15) is 4.79 Å². The number of carbonyl (C=O) groups excluding carboxylic acids is 1.